The highest BCUT2D eigenvalue weighted by atomic mass is 16.6. The van der Waals surface area contributed by atoms with Crippen molar-refractivity contribution in [1.29, 1.82) is 0 Å². The fraction of sp³-hybridized carbons (Fsp3) is 0.500. The quantitative estimate of drug-likeness (QED) is 0.797. The molecule has 1 saturated heterocycles. The molecule has 20 heavy (non-hydrogen) atoms. The first-order chi connectivity index (χ1) is 9.58. The third kappa shape index (κ3) is 3.61. The highest BCUT2D eigenvalue weighted by Crippen LogP contribution is 2.21. The van der Waals surface area contributed by atoms with Crippen LogP contribution >= 0.6 is 0 Å². The minimum atomic E-state index is -0.0617. The van der Waals surface area contributed by atoms with E-state index in [-0.39, 0.29) is 12.0 Å². The maximum Gasteiger partial charge on any atom is 0.255 e. The third-order valence-electron chi connectivity index (χ3n) is 3.09. The van der Waals surface area contributed by atoms with Gasteiger partial charge in [-0.1, -0.05) is 0 Å². The van der Waals surface area contributed by atoms with Crippen LogP contribution in [0.15, 0.2) is 18.2 Å². The predicted molar refractivity (Wildman–Crippen MR) is 77.9 cm³/mol. The van der Waals surface area contributed by atoms with Crippen LogP contribution in [0, 0.1) is 0 Å². The molecule has 1 atom stereocenters. The standard InChI is InChI=1S/C14H21N3O3/c1-17(2)14(18)12-4-3-10(15)7-13(12)16-8-11-9-19-5-6-20-11/h3-4,7,11,16H,5-6,8-9,15H2,1-2H3. The lowest BCUT2D eigenvalue weighted by atomic mass is 10.1. The van der Waals surface area contributed by atoms with Crippen LogP contribution < -0.4 is 11.1 Å². The number of nitrogens with two attached hydrogens (primary N) is 1. The molecule has 0 radical (unpaired) electrons. The SMILES string of the molecule is CN(C)C(=O)c1ccc(N)cc1NCC1COCCO1. The van der Waals surface area contributed by atoms with Crippen molar-refractivity contribution in [3.05, 3.63) is 23.8 Å². The summed E-state index contributed by atoms with van der Waals surface area (Å²) < 4.78 is 10.9. The van der Waals surface area contributed by atoms with E-state index in [2.05, 4.69) is 5.32 Å². The Morgan fingerprint density at radius 1 is 1.45 bits per heavy atom. The maximum atomic E-state index is 12.1. The Bertz CT molecular complexity index is 471. The second kappa shape index (κ2) is 6.58. The molecule has 2 rings (SSSR count). The summed E-state index contributed by atoms with van der Waals surface area (Å²) in [5, 5.41) is 3.23. The number of rotatable bonds is 4. The van der Waals surface area contributed by atoms with Gasteiger partial charge in [0.25, 0.3) is 5.91 Å². The van der Waals surface area contributed by atoms with Gasteiger partial charge in [-0.3, -0.25) is 4.79 Å². The van der Waals surface area contributed by atoms with E-state index in [9.17, 15) is 4.79 Å². The molecule has 1 unspecified atom stereocenters. The first kappa shape index (κ1) is 14.6. The molecule has 1 amide bonds. The number of carbonyl (C=O) groups excluding carboxylic acids is 1. The van der Waals surface area contributed by atoms with Crippen LogP contribution in [0.2, 0.25) is 0 Å². The lowest BCUT2D eigenvalue weighted by Gasteiger charge is -2.24. The summed E-state index contributed by atoms with van der Waals surface area (Å²) in [6, 6.07) is 5.22. The maximum absolute atomic E-state index is 12.1. The normalized spacial score (nSPS) is 18.6. The van der Waals surface area contributed by atoms with Gasteiger partial charge in [0.05, 0.1) is 31.5 Å². The van der Waals surface area contributed by atoms with Crippen molar-refractivity contribution in [3.8, 4) is 0 Å². The molecule has 6 heteroatoms. The zero-order valence-electron chi connectivity index (χ0n) is 11.9. The molecule has 1 aromatic rings. The van der Waals surface area contributed by atoms with Gasteiger partial charge in [0.2, 0.25) is 0 Å². The van der Waals surface area contributed by atoms with Gasteiger partial charge in [0, 0.05) is 32.0 Å². The van der Waals surface area contributed by atoms with Gasteiger partial charge in [-0.05, 0) is 18.2 Å². The number of amides is 1. The van der Waals surface area contributed by atoms with Gasteiger partial charge in [0.15, 0.2) is 0 Å². The monoisotopic (exact) mass is 279 g/mol. The number of carbonyl (C=O) groups is 1. The summed E-state index contributed by atoms with van der Waals surface area (Å²) >= 11 is 0. The molecule has 0 saturated carbocycles. The number of benzene rings is 1. The van der Waals surface area contributed by atoms with Crippen LogP contribution in [0.3, 0.4) is 0 Å². The Balaban J connectivity index is 2.08. The minimum Gasteiger partial charge on any atom is -0.399 e. The van der Waals surface area contributed by atoms with Gasteiger partial charge in [0.1, 0.15) is 0 Å². The van der Waals surface area contributed by atoms with Crippen molar-refractivity contribution in [2.24, 2.45) is 0 Å². The highest BCUT2D eigenvalue weighted by molar-refractivity contribution is 6.00. The Labute approximate surface area is 118 Å². The fourth-order valence-corrected chi connectivity index (χ4v) is 2.01. The zero-order chi connectivity index (χ0) is 14.5. The molecule has 6 nitrogen and oxygen atoms in total. The van der Waals surface area contributed by atoms with Gasteiger partial charge in [-0.2, -0.15) is 0 Å². The van der Waals surface area contributed by atoms with Gasteiger partial charge in [-0.15, -0.1) is 0 Å². The molecule has 0 spiro atoms. The van der Waals surface area contributed by atoms with Crippen LogP contribution in [0.5, 0.6) is 0 Å². The first-order valence-corrected chi connectivity index (χ1v) is 6.62. The summed E-state index contributed by atoms with van der Waals surface area (Å²) in [5.41, 5.74) is 7.72. The summed E-state index contributed by atoms with van der Waals surface area (Å²) in [5.74, 6) is -0.0617. The number of hydrogen-bond donors (Lipinski definition) is 2. The number of nitrogens with one attached hydrogen (secondary N) is 1. The van der Waals surface area contributed by atoms with E-state index < -0.39 is 0 Å². The van der Waals surface area contributed by atoms with Crippen molar-refractivity contribution in [3.63, 3.8) is 0 Å². The summed E-state index contributed by atoms with van der Waals surface area (Å²) in [7, 11) is 3.45. The van der Waals surface area contributed by atoms with Gasteiger partial charge >= 0.3 is 0 Å². The van der Waals surface area contributed by atoms with Crippen molar-refractivity contribution in [1.82, 2.24) is 4.90 Å². The van der Waals surface area contributed by atoms with E-state index in [1.807, 2.05) is 0 Å². The molecule has 0 aromatic heterocycles. The smallest absolute Gasteiger partial charge is 0.255 e. The number of nitrogen functional groups attached to an aromatic ring is 1. The van der Waals surface area contributed by atoms with Crippen LogP contribution in [-0.2, 0) is 9.47 Å². The Morgan fingerprint density at radius 3 is 2.90 bits per heavy atom. The van der Waals surface area contributed by atoms with Crippen LogP contribution in [0.25, 0.3) is 0 Å². The second-order valence-electron chi connectivity index (χ2n) is 4.95. The molecule has 1 heterocycles. The van der Waals surface area contributed by atoms with Crippen LogP contribution in [-0.4, -0.2) is 57.4 Å². The zero-order valence-corrected chi connectivity index (χ0v) is 11.9. The third-order valence-corrected chi connectivity index (χ3v) is 3.09. The largest absolute Gasteiger partial charge is 0.399 e. The second-order valence-corrected chi connectivity index (χ2v) is 4.95. The van der Waals surface area contributed by atoms with E-state index in [1.165, 1.54) is 4.90 Å². The fourth-order valence-electron chi connectivity index (χ4n) is 2.01. The van der Waals surface area contributed by atoms with Gasteiger partial charge < -0.3 is 25.4 Å². The predicted octanol–water partition coefficient (Wildman–Crippen LogP) is 0.798. The van der Waals surface area contributed by atoms with E-state index in [0.29, 0.717) is 37.6 Å². The average molecular weight is 279 g/mol. The molecule has 1 aliphatic rings. The number of anilines is 2. The molecule has 110 valence electrons. The van der Waals surface area contributed by atoms with Gasteiger partial charge in [-0.25, -0.2) is 0 Å². The van der Waals surface area contributed by atoms with E-state index in [0.717, 1.165) is 5.69 Å². The van der Waals surface area contributed by atoms with Crippen molar-refractivity contribution in [2.45, 2.75) is 6.10 Å². The molecular weight excluding hydrogens is 258 g/mol. The number of nitrogens with zero attached hydrogens (tertiary/aromatic N) is 1. The lowest BCUT2D eigenvalue weighted by molar-refractivity contribution is -0.0818. The number of ether oxygens (including phenoxy) is 2. The minimum absolute atomic E-state index is 0.00695. The Morgan fingerprint density at radius 2 is 2.25 bits per heavy atom. The summed E-state index contributed by atoms with van der Waals surface area (Å²) in [6.07, 6.45) is -0.00695. The molecule has 1 fully saturated rings. The Hall–Kier alpha value is -1.79. The molecule has 1 aromatic carbocycles. The van der Waals surface area contributed by atoms with E-state index in [1.54, 1.807) is 32.3 Å². The Kier molecular flexibility index (Phi) is 4.81. The average Bonchev–Trinajstić information content (AvgIpc) is 2.45. The molecular formula is C14H21N3O3. The summed E-state index contributed by atoms with van der Waals surface area (Å²) in [4.78, 5) is 13.7. The topological polar surface area (TPSA) is 76.8 Å². The van der Waals surface area contributed by atoms with Crippen LogP contribution in [0.1, 0.15) is 10.4 Å². The molecule has 0 aliphatic carbocycles. The van der Waals surface area contributed by atoms with Crippen molar-refractivity contribution in [2.75, 3.05) is 51.5 Å². The van der Waals surface area contributed by atoms with Crippen molar-refractivity contribution >= 4 is 17.3 Å². The lowest BCUT2D eigenvalue weighted by Crippen LogP contribution is -2.34. The van der Waals surface area contributed by atoms with Crippen molar-refractivity contribution < 1.29 is 14.3 Å². The number of hydrogen-bond acceptors (Lipinski definition) is 5. The summed E-state index contributed by atoms with van der Waals surface area (Å²) in [6.45, 7) is 2.38. The van der Waals surface area contributed by atoms with E-state index >= 15 is 0 Å². The first-order valence-electron chi connectivity index (χ1n) is 6.62. The highest BCUT2D eigenvalue weighted by Gasteiger charge is 2.17. The molecule has 0 bridgehead atoms. The van der Waals surface area contributed by atoms with E-state index in [4.69, 9.17) is 15.2 Å². The molecule has 1 aliphatic heterocycles. The molecule has 3 N–H and O–H groups in total. The van der Waals surface area contributed by atoms with Crippen LogP contribution in [0.4, 0.5) is 11.4 Å².